The zero-order valence-electron chi connectivity index (χ0n) is 13.2. The van der Waals surface area contributed by atoms with Gasteiger partial charge in [0.1, 0.15) is 0 Å². The Bertz CT molecular complexity index is 891. The predicted molar refractivity (Wildman–Crippen MR) is 92.3 cm³/mol. The summed E-state index contributed by atoms with van der Waals surface area (Å²) in [6.45, 7) is -0.0774. The molecule has 0 aromatic heterocycles. The number of sulfonamides is 1. The highest BCUT2D eigenvalue weighted by Crippen LogP contribution is 2.21. The first-order valence-electron chi connectivity index (χ1n) is 7.15. The van der Waals surface area contributed by atoms with Crippen LogP contribution in [0.4, 0.5) is 14.5 Å². The van der Waals surface area contributed by atoms with Gasteiger partial charge in [-0.2, -0.15) is 0 Å². The highest BCUT2D eigenvalue weighted by atomic mass is 35.5. The summed E-state index contributed by atoms with van der Waals surface area (Å²) in [6.07, 6.45) is 1.03. The number of halogens is 3. The van der Waals surface area contributed by atoms with Gasteiger partial charge in [0.2, 0.25) is 10.0 Å². The maximum absolute atomic E-state index is 13.2. The van der Waals surface area contributed by atoms with Gasteiger partial charge in [-0.3, -0.25) is 9.10 Å². The van der Waals surface area contributed by atoms with Gasteiger partial charge in [0.05, 0.1) is 18.5 Å². The molecule has 5 nitrogen and oxygen atoms in total. The van der Waals surface area contributed by atoms with E-state index in [4.69, 9.17) is 11.6 Å². The Morgan fingerprint density at radius 2 is 1.88 bits per heavy atom. The third kappa shape index (κ3) is 5.14. The third-order valence-corrected chi connectivity index (χ3v) is 4.71. The zero-order chi connectivity index (χ0) is 18.6. The predicted octanol–water partition coefficient (Wildman–Crippen LogP) is 2.81. The van der Waals surface area contributed by atoms with E-state index in [-0.39, 0.29) is 18.7 Å². The van der Waals surface area contributed by atoms with E-state index in [0.29, 0.717) is 10.7 Å². The molecule has 0 fully saturated rings. The van der Waals surface area contributed by atoms with Crippen LogP contribution in [0.1, 0.15) is 10.4 Å². The van der Waals surface area contributed by atoms with Gasteiger partial charge in [-0.1, -0.05) is 17.7 Å². The minimum Gasteiger partial charge on any atom is -0.350 e. The Morgan fingerprint density at radius 3 is 2.48 bits per heavy atom. The first kappa shape index (κ1) is 19.1. The molecular formula is C16H15ClF2N2O3S. The van der Waals surface area contributed by atoms with Gasteiger partial charge < -0.3 is 5.32 Å². The molecular weight excluding hydrogens is 374 g/mol. The van der Waals surface area contributed by atoms with Crippen molar-refractivity contribution in [2.75, 3.05) is 23.7 Å². The lowest BCUT2D eigenvalue weighted by Gasteiger charge is -2.22. The first-order chi connectivity index (χ1) is 11.7. The molecule has 0 saturated carbocycles. The summed E-state index contributed by atoms with van der Waals surface area (Å²) in [4.78, 5) is 11.9. The number of nitrogens with one attached hydrogen (secondary N) is 1. The van der Waals surface area contributed by atoms with Crippen LogP contribution in [-0.2, 0) is 10.0 Å². The molecule has 1 N–H and O–H groups in total. The van der Waals surface area contributed by atoms with Crippen LogP contribution >= 0.6 is 11.6 Å². The number of nitrogens with zero attached hydrogens (tertiary/aromatic N) is 1. The summed E-state index contributed by atoms with van der Waals surface area (Å²) in [5.41, 5.74) is 0.296. The lowest BCUT2D eigenvalue weighted by molar-refractivity contribution is 0.0954. The van der Waals surface area contributed by atoms with Crippen LogP contribution in [0.2, 0.25) is 5.02 Å². The molecule has 0 aliphatic carbocycles. The van der Waals surface area contributed by atoms with Gasteiger partial charge in [0, 0.05) is 17.1 Å². The number of benzene rings is 2. The molecule has 2 aromatic carbocycles. The summed E-state index contributed by atoms with van der Waals surface area (Å²) < 4.78 is 51.0. The Kier molecular flexibility index (Phi) is 5.97. The number of hydrogen-bond donors (Lipinski definition) is 1. The molecule has 25 heavy (non-hydrogen) atoms. The average molecular weight is 389 g/mol. The molecule has 0 saturated heterocycles. The van der Waals surface area contributed by atoms with E-state index in [2.05, 4.69) is 5.32 Å². The molecule has 2 rings (SSSR count). The second-order valence-corrected chi connectivity index (χ2v) is 7.54. The van der Waals surface area contributed by atoms with Crippen LogP contribution in [-0.4, -0.2) is 33.7 Å². The van der Waals surface area contributed by atoms with Gasteiger partial charge in [-0.15, -0.1) is 0 Å². The van der Waals surface area contributed by atoms with Crippen LogP contribution in [0.25, 0.3) is 0 Å². The second kappa shape index (κ2) is 7.79. The summed E-state index contributed by atoms with van der Waals surface area (Å²) in [7, 11) is -3.60. The van der Waals surface area contributed by atoms with E-state index >= 15 is 0 Å². The fraction of sp³-hybridized carbons (Fsp3) is 0.188. The van der Waals surface area contributed by atoms with Crippen molar-refractivity contribution in [2.24, 2.45) is 0 Å². The monoisotopic (exact) mass is 388 g/mol. The molecule has 0 aliphatic heterocycles. The van der Waals surface area contributed by atoms with Crippen molar-refractivity contribution < 1.29 is 22.0 Å². The third-order valence-electron chi connectivity index (χ3n) is 3.28. The molecule has 0 bridgehead atoms. The normalized spacial score (nSPS) is 11.2. The topological polar surface area (TPSA) is 66.5 Å². The lowest BCUT2D eigenvalue weighted by atomic mass is 10.2. The molecule has 9 heteroatoms. The fourth-order valence-corrected chi connectivity index (χ4v) is 3.23. The molecule has 1 amide bonds. The van der Waals surface area contributed by atoms with E-state index in [0.717, 1.165) is 28.8 Å². The minimum absolute atomic E-state index is 0.0303. The first-order valence-corrected chi connectivity index (χ1v) is 9.37. The molecule has 134 valence electrons. The Hall–Kier alpha value is -2.19. The molecule has 0 atom stereocenters. The van der Waals surface area contributed by atoms with Crippen molar-refractivity contribution in [3.8, 4) is 0 Å². The molecule has 0 aliphatic rings. The van der Waals surface area contributed by atoms with Gasteiger partial charge in [-0.05, 0) is 36.4 Å². The van der Waals surface area contributed by atoms with Crippen LogP contribution in [0, 0.1) is 11.6 Å². The maximum Gasteiger partial charge on any atom is 0.251 e. The van der Waals surface area contributed by atoms with E-state index in [1.54, 1.807) is 18.2 Å². The Labute approximate surface area is 149 Å². The van der Waals surface area contributed by atoms with E-state index in [9.17, 15) is 22.0 Å². The maximum atomic E-state index is 13.2. The van der Waals surface area contributed by atoms with Crippen LogP contribution < -0.4 is 9.62 Å². The summed E-state index contributed by atoms with van der Waals surface area (Å²) in [5.74, 6) is -2.83. The molecule has 0 radical (unpaired) electrons. The Balaban J connectivity index is 2.06. The van der Waals surface area contributed by atoms with Gasteiger partial charge >= 0.3 is 0 Å². The van der Waals surface area contributed by atoms with E-state index in [1.165, 1.54) is 6.07 Å². The largest absolute Gasteiger partial charge is 0.350 e. The van der Waals surface area contributed by atoms with Crippen molar-refractivity contribution in [3.63, 3.8) is 0 Å². The molecule has 2 aromatic rings. The zero-order valence-corrected chi connectivity index (χ0v) is 14.7. The highest BCUT2D eigenvalue weighted by molar-refractivity contribution is 7.92. The number of hydrogen-bond acceptors (Lipinski definition) is 3. The molecule has 0 unspecified atom stereocenters. The van der Waals surface area contributed by atoms with E-state index < -0.39 is 27.6 Å². The van der Waals surface area contributed by atoms with E-state index in [1.807, 2.05) is 0 Å². The molecule has 0 spiro atoms. The van der Waals surface area contributed by atoms with Gasteiger partial charge in [-0.25, -0.2) is 17.2 Å². The van der Waals surface area contributed by atoms with Crippen LogP contribution in [0.15, 0.2) is 42.5 Å². The lowest BCUT2D eigenvalue weighted by Crippen LogP contribution is -2.38. The number of rotatable bonds is 6. The van der Waals surface area contributed by atoms with Crippen molar-refractivity contribution in [2.45, 2.75) is 0 Å². The minimum atomic E-state index is -3.60. The summed E-state index contributed by atoms with van der Waals surface area (Å²) >= 11 is 5.87. The van der Waals surface area contributed by atoms with Crippen LogP contribution in [0.3, 0.4) is 0 Å². The second-order valence-electron chi connectivity index (χ2n) is 5.20. The number of carbonyl (C=O) groups is 1. The van der Waals surface area contributed by atoms with Gasteiger partial charge in [0.15, 0.2) is 11.6 Å². The standard InChI is InChI=1S/C16H15ClF2N2O3S/c1-25(23,24)21(13-4-2-3-12(17)10-13)8-7-20-16(22)11-5-6-14(18)15(19)9-11/h2-6,9-10H,7-8H2,1H3,(H,20,22). The smallest absolute Gasteiger partial charge is 0.251 e. The molecule has 0 heterocycles. The SMILES string of the molecule is CS(=O)(=O)N(CCNC(=O)c1ccc(F)c(F)c1)c1cccc(Cl)c1. The highest BCUT2D eigenvalue weighted by Gasteiger charge is 2.18. The van der Waals surface area contributed by atoms with Crippen molar-refractivity contribution in [3.05, 3.63) is 64.7 Å². The van der Waals surface area contributed by atoms with Crippen LogP contribution in [0.5, 0.6) is 0 Å². The summed E-state index contributed by atoms with van der Waals surface area (Å²) in [5, 5.41) is 2.84. The Morgan fingerprint density at radius 1 is 1.16 bits per heavy atom. The van der Waals surface area contributed by atoms with Crippen molar-refractivity contribution in [1.29, 1.82) is 0 Å². The van der Waals surface area contributed by atoms with Gasteiger partial charge in [0.25, 0.3) is 5.91 Å². The number of carbonyl (C=O) groups excluding carboxylic acids is 1. The average Bonchev–Trinajstić information content (AvgIpc) is 2.52. The van der Waals surface area contributed by atoms with Crippen molar-refractivity contribution >= 4 is 33.2 Å². The number of amides is 1. The van der Waals surface area contributed by atoms with Crippen molar-refractivity contribution in [1.82, 2.24) is 5.32 Å². The quantitative estimate of drug-likeness (QED) is 0.827. The number of anilines is 1. The fourth-order valence-electron chi connectivity index (χ4n) is 2.13. The summed E-state index contributed by atoms with van der Waals surface area (Å²) in [6, 6.07) is 9.03.